The van der Waals surface area contributed by atoms with E-state index in [-0.39, 0.29) is 15.7 Å². The molecule has 7 heteroatoms. The minimum atomic E-state index is -3.37. The van der Waals surface area contributed by atoms with Crippen molar-refractivity contribution in [3.8, 4) is 0 Å². The monoisotopic (exact) mass is 346 g/mol. The highest BCUT2D eigenvalue weighted by Gasteiger charge is 2.30. The number of H-pyrrole nitrogens is 1. The van der Waals surface area contributed by atoms with Gasteiger partial charge in [0.1, 0.15) is 0 Å². The average molecular weight is 346 g/mol. The molecule has 1 aromatic carbocycles. The van der Waals surface area contributed by atoms with E-state index in [0.29, 0.717) is 24.1 Å². The third kappa shape index (κ3) is 3.41. The molecule has 6 nitrogen and oxygen atoms in total. The smallest absolute Gasteiger partial charge is 0.257 e. The molecule has 0 saturated heterocycles. The largest absolute Gasteiger partial charge is 0.328 e. The van der Waals surface area contributed by atoms with Crippen LogP contribution in [0.2, 0.25) is 0 Å². The van der Waals surface area contributed by atoms with Crippen LogP contribution in [0.25, 0.3) is 0 Å². The van der Waals surface area contributed by atoms with E-state index in [1.807, 2.05) is 0 Å². The number of hydrogen-bond acceptors (Lipinski definition) is 4. The second-order valence-electron chi connectivity index (χ2n) is 5.88. The highest BCUT2D eigenvalue weighted by Crippen LogP contribution is 2.30. The molecule has 0 spiro atoms. The molecule has 0 atom stereocenters. The number of carbonyl (C=O) groups excluding carboxylic acids is 1. The molecule has 2 N–H and O–H groups in total. The Hall–Kier alpha value is -2.41. The van der Waals surface area contributed by atoms with Crippen molar-refractivity contribution < 1.29 is 13.2 Å². The van der Waals surface area contributed by atoms with Crippen molar-refractivity contribution in [1.29, 1.82) is 0 Å². The van der Waals surface area contributed by atoms with Gasteiger partial charge >= 0.3 is 0 Å². The lowest BCUT2D eigenvalue weighted by molar-refractivity contribution is 0.102. The Labute approximate surface area is 139 Å². The molecule has 0 unspecified atom stereocenters. The van der Waals surface area contributed by atoms with Crippen LogP contribution in [0, 0.1) is 0 Å². The second kappa shape index (κ2) is 6.60. The Morgan fingerprint density at radius 2 is 1.88 bits per heavy atom. The quantitative estimate of drug-likeness (QED) is 0.888. The van der Waals surface area contributed by atoms with Crippen LogP contribution in [0.3, 0.4) is 0 Å². The number of hydrogen-bond donors (Lipinski definition) is 2. The van der Waals surface area contributed by atoms with Crippen LogP contribution in [-0.4, -0.2) is 24.6 Å². The molecular formula is C17H18N2O4S. The fourth-order valence-electron chi connectivity index (χ4n) is 2.90. The Kier molecular flexibility index (Phi) is 4.53. The van der Waals surface area contributed by atoms with Gasteiger partial charge in [-0.15, -0.1) is 0 Å². The molecule has 1 heterocycles. The van der Waals surface area contributed by atoms with E-state index in [4.69, 9.17) is 0 Å². The fraction of sp³-hybridized carbons (Fsp3) is 0.294. The molecule has 3 rings (SSSR count). The van der Waals surface area contributed by atoms with E-state index in [9.17, 15) is 18.0 Å². The maximum absolute atomic E-state index is 12.6. The van der Waals surface area contributed by atoms with E-state index >= 15 is 0 Å². The molecule has 1 aliphatic carbocycles. The van der Waals surface area contributed by atoms with Gasteiger partial charge in [-0.05, 0) is 37.1 Å². The van der Waals surface area contributed by atoms with E-state index in [1.54, 1.807) is 18.2 Å². The van der Waals surface area contributed by atoms with Gasteiger partial charge in [-0.1, -0.05) is 18.9 Å². The van der Waals surface area contributed by atoms with Crippen molar-refractivity contribution in [3.63, 3.8) is 0 Å². The molecule has 2 aromatic rings. The zero-order valence-corrected chi connectivity index (χ0v) is 13.8. The number of pyridine rings is 1. The summed E-state index contributed by atoms with van der Waals surface area (Å²) in [7, 11) is -3.37. The van der Waals surface area contributed by atoms with Gasteiger partial charge in [0.15, 0.2) is 9.84 Å². The molecule has 0 bridgehead atoms. The van der Waals surface area contributed by atoms with Crippen molar-refractivity contribution in [2.75, 3.05) is 5.32 Å². The van der Waals surface area contributed by atoms with Gasteiger partial charge in [-0.3, -0.25) is 9.59 Å². The van der Waals surface area contributed by atoms with Crippen LogP contribution >= 0.6 is 0 Å². The summed E-state index contributed by atoms with van der Waals surface area (Å²) in [4.78, 5) is 25.8. The van der Waals surface area contributed by atoms with Crippen LogP contribution < -0.4 is 10.9 Å². The number of nitrogens with one attached hydrogen (secondary N) is 2. The van der Waals surface area contributed by atoms with Crippen LogP contribution in [0.15, 0.2) is 52.3 Å². The topological polar surface area (TPSA) is 96.1 Å². The van der Waals surface area contributed by atoms with E-state index in [0.717, 1.165) is 12.8 Å². The summed E-state index contributed by atoms with van der Waals surface area (Å²) in [6.45, 7) is 0. The van der Waals surface area contributed by atoms with Crippen LogP contribution in [-0.2, 0) is 9.84 Å². The SMILES string of the molecule is O=C(Nc1cccc(S(=O)(=O)C2CCCC2)c1)c1ccc(=O)[nH]c1. The molecular weight excluding hydrogens is 328 g/mol. The van der Waals surface area contributed by atoms with E-state index in [1.165, 1.54) is 24.4 Å². The van der Waals surface area contributed by atoms with Crippen molar-refractivity contribution in [2.24, 2.45) is 0 Å². The highest BCUT2D eigenvalue weighted by atomic mass is 32.2. The minimum Gasteiger partial charge on any atom is -0.328 e. The standard InChI is InChI=1S/C17H18N2O4S/c20-16-9-8-12(11-18-16)17(21)19-13-4-3-7-15(10-13)24(22,23)14-5-1-2-6-14/h3-4,7-11,14H,1-2,5-6H2,(H,18,20)(H,19,21). The second-order valence-corrected chi connectivity index (χ2v) is 8.10. The Balaban J connectivity index is 1.81. The van der Waals surface area contributed by atoms with Crippen molar-refractivity contribution in [3.05, 3.63) is 58.5 Å². The summed E-state index contributed by atoms with van der Waals surface area (Å²) in [5, 5.41) is 2.32. The molecule has 24 heavy (non-hydrogen) atoms. The number of aromatic amines is 1. The number of amides is 1. The summed E-state index contributed by atoms with van der Waals surface area (Å²) in [5.74, 6) is -0.415. The number of sulfone groups is 1. The zero-order valence-electron chi connectivity index (χ0n) is 13.0. The fourth-order valence-corrected chi connectivity index (χ4v) is 4.80. The average Bonchev–Trinajstić information content (AvgIpc) is 3.11. The first-order valence-corrected chi connectivity index (χ1v) is 9.35. The van der Waals surface area contributed by atoms with Crippen molar-refractivity contribution in [1.82, 2.24) is 4.98 Å². The molecule has 1 saturated carbocycles. The Morgan fingerprint density at radius 3 is 2.54 bits per heavy atom. The number of benzene rings is 1. The molecule has 1 aliphatic rings. The van der Waals surface area contributed by atoms with E-state index in [2.05, 4.69) is 10.3 Å². The van der Waals surface area contributed by atoms with E-state index < -0.39 is 15.7 Å². The number of carbonyl (C=O) groups is 1. The van der Waals surface area contributed by atoms with Crippen LogP contribution in [0.1, 0.15) is 36.0 Å². The summed E-state index contributed by atoms with van der Waals surface area (Å²) >= 11 is 0. The first kappa shape index (κ1) is 16.4. The van der Waals surface area contributed by atoms with Crippen LogP contribution in [0.4, 0.5) is 5.69 Å². The van der Waals surface area contributed by atoms with Crippen molar-refractivity contribution in [2.45, 2.75) is 35.8 Å². The lowest BCUT2D eigenvalue weighted by Crippen LogP contribution is -2.18. The highest BCUT2D eigenvalue weighted by molar-refractivity contribution is 7.92. The predicted molar refractivity (Wildman–Crippen MR) is 90.9 cm³/mol. The molecule has 1 amide bonds. The Bertz CT molecular complexity index is 892. The first-order chi connectivity index (χ1) is 11.5. The van der Waals surface area contributed by atoms with Gasteiger partial charge < -0.3 is 10.3 Å². The summed E-state index contributed by atoms with van der Waals surface area (Å²) in [5.41, 5.74) is 0.403. The molecule has 1 aromatic heterocycles. The zero-order chi connectivity index (χ0) is 17.2. The maximum Gasteiger partial charge on any atom is 0.257 e. The predicted octanol–water partition coefficient (Wildman–Crippen LogP) is 2.34. The lowest BCUT2D eigenvalue weighted by Gasteiger charge is -2.12. The minimum absolute atomic E-state index is 0.230. The van der Waals surface area contributed by atoms with Gasteiger partial charge in [0.2, 0.25) is 5.56 Å². The normalized spacial score (nSPS) is 15.3. The number of rotatable bonds is 4. The van der Waals surface area contributed by atoms with Gasteiger partial charge in [-0.2, -0.15) is 0 Å². The summed E-state index contributed by atoms with van der Waals surface area (Å²) in [6, 6.07) is 8.96. The lowest BCUT2D eigenvalue weighted by atomic mass is 10.2. The third-order valence-electron chi connectivity index (χ3n) is 4.21. The molecule has 1 fully saturated rings. The molecule has 0 aliphatic heterocycles. The van der Waals surface area contributed by atoms with Crippen molar-refractivity contribution >= 4 is 21.4 Å². The van der Waals surface area contributed by atoms with Crippen LogP contribution in [0.5, 0.6) is 0 Å². The van der Waals surface area contributed by atoms with Gasteiger partial charge in [0.05, 0.1) is 15.7 Å². The number of aromatic nitrogens is 1. The van der Waals surface area contributed by atoms with Gasteiger partial charge in [-0.25, -0.2) is 8.42 Å². The summed E-state index contributed by atoms with van der Waals surface area (Å²) < 4.78 is 25.3. The third-order valence-corrected chi connectivity index (χ3v) is 6.47. The summed E-state index contributed by atoms with van der Waals surface area (Å²) in [6.07, 6.45) is 4.57. The maximum atomic E-state index is 12.6. The first-order valence-electron chi connectivity index (χ1n) is 7.81. The molecule has 0 radical (unpaired) electrons. The van der Waals surface area contributed by atoms with Gasteiger partial charge in [0.25, 0.3) is 5.91 Å². The molecule has 126 valence electrons. The van der Waals surface area contributed by atoms with Gasteiger partial charge in [0, 0.05) is 18.0 Å². The Morgan fingerprint density at radius 1 is 1.12 bits per heavy atom. The number of anilines is 1.